The summed E-state index contributed by atoms with van der Waals surface area (Å²) in [6.45, 7) is -3.28. The van der Waals surface area contributed by atoms with Crippen LogP contribution >= 0.6 is 0 Å². The molecule has 4 aromatic rings. The summed E-state index contributed by atoms with van der Waals surface area (Å²) in [6.07, 6.45) is 2.41. The Hall–Kier alpha value is -4.38. The van der Waals surface area contributed by atoms with Gasteiger partial charge in [0.15, 0.2) is 17.3 Å². The van der Waals surface area contributed by atoms with Crippen molar-refractivity contribution >= 4 is 5.91 Å². The van der Waals surface area contributed by atoms with Gasteiger partial charge in [-0.3, -0.25) is 14.7 Å². The highest BCUT2D eigenvalue weighted by atomic mass is 19.3. The summed E-state index contributed by atoms with van der Waals surface area (Å²) in [4.78, 5) is 27.6. The first-order chi connectivity index (χ1) is 18.4. The number of nitrogens with zero attached hydrogens (tertiary/aromatic N) is 1. The third-order valence-electron chi connectivity index (χ3n) is 5.85. The third-order valence-corrected chi connectivity index (χ3v) is 5.85. The molecule has 8 nitrogen and oxygen atoms in total. The molecule has 2 aromatic heterocycles. The van der Waals surface area contributed by atoms with Crippen molar-refractivity contribution in [3.05, 3.63) is 116 Å². The van der Waals surface area contributed by atoms with E-state index in [1.54, 1.807) is 18.3 Å². The van der Waals surface area contributed by atoms with Crippen LogP contribution in [0.1, 0.15) is 44.0 Å². The third kappa shape index (κ3) is 6.48. The first kappa shape index (κ1) is 26.7. The minimum atomic E-state index is -3.21. The molecule has 3 N–H and O–H groups in total. The monoisotopic (exact) mass is 526 g/mol. The Labute approximate surface area is 215 Å². The fraction of sp³-hybridized carbons (Fsp3) is 0.222. The zero-order valence-corrected chi connectivity index (χ0v) is 20.4. The van der Waals surface area contributed by atoms with E-state index in [1.165, 1.54) is 19.2 Å². The lowest BCUT2D eigenvalue weighted by atomic mass is 9.99. The summed E-state index contributed by atoms with van der Waals surface area (Å²) < 4.78 is 48.9. The van der Waals surface area contributed by atoms with Crippen LogP contribution in [0.4, 0.5) is 13.2 Å². The van der Waals surface area contributed by atoms with E-state index in [4.69, 9.17) is 4.74 Å². The number of carbonyl (C=O) groups excluding carboxylic acids is 1. The molecule has 2 aromatic carbocycles. The van der Waals surface area contributed by atoms with Crippen molar-refractivity contribution in [2.24, 2.45) is 0 Å². The number of hydrogen-bond acceptors (Lipinski definition) is 5. The van der Waals surface area contributed by atoms with E-state index in [-0.39, 0.29) is 30.0 Å². The molecule has 0 saturated carbocycles. The van der Waals surface area contributed by atoms with Gasteiger partial charge in [-0.1, -0.05) is 42.5 Å². The molecule has 0 bridgehead atoms. The van der Waals surface area contributed by atoms with Crippen molar-refractivity contribution in [1.29, 1.82) is 0 Å². The molecule has 0 aliphatic carbocycles. The number of alkyl halides is 2. The SMILES string of the molecule is COCc1[nH]nc(C(=O)NCc2cccc(F)c2OC(F)F)c1Cc1ccc(Cc2ccc[nH]c2=O)cc1. The number of para-hydroxylation sites is 1. The van der Waals surface area contributed by atoms with Crippen molar-refractivity contribution in [3.63, 3.8) is 0 Å². The number of ether oxygens (including phenoxy) is 2. The molecule has 0 saturated heterocycles. The number of pyridine rings is 1. The molecule has 0 atom stereocenters. The molecule has 0 aliphatic rings. The lowest BCUT2D eigenvalue weighted by Gasteiger charge is -2.12. The average Bonchev–Trinajstić information content (AvgIpc) is 3.29. The Kier molecular flexibility index (Phi) is 8.59. The first-order valence-electron chi connectivity index (χ1n) is 11.7. The van der Waals surface area contributed by atoms with Gasteiger partial charge in [0.05, 0.1) is 12.3 Å². The molecule has 0 unspecified atom stereocenters. The molecule has 1 amide bonds. The summed E-state index contributed by atoms with van der Waals surface area (Å²) in [7, 11) is 1.51. The van der Waals surface area contributed by atoms with Gasteiger partial charge in [0, 0.05) is 49.4 Å². The maximum absolute atomic E-state index is 14.0. The van der Waals surface area contributed by atoms with E-state index in [2.05, 4.69) is 25.2 Å². The van der Waals surface area contributed by atoms with Crippen LogP contribution in [-0.4, -0.2) is 34.8 Å². The molecule has 11 heteroatoms. The second-order valence-electron chi connectivity index (χ2n) is 8.45. The predicted molar refractivity (Wildman–Crippen MR) is 133 cm³/mol. The van der Waals surface area contributed by atoms with E-state index < -0.39 is 24.1 Å². The maximum atomic E-state index is 14.0. The maximum Gasteiger partial charge on any atom is 0.387 e. The van der Waals surface area contributed by atoms with Crippen molar-refractivity contribution in [3.8, 4) is 5.75 Å². The molecular weight excluding hydrogens is 501 g/mol. The van der Waals surface area contributed by atoms with E-state index in [0.717, 1.165) is 17.2 Å². The van der Waals surface area contributed by atoms with Gasteiger partial charge in [0.1, 0.15) is 0 Å². The van der Waals surface area contributed by atoms with E-state index in [0.29, 0.717) is 29.7 Å². The van der Waals surface area contributed by atoms with Gasteiger partial charge in [0.25, 0.3) is 11.5 Å². The van der Waals surface area contributed by atoms with Crippen molar-refractivity contribution in [1.82, 2.24) is 20.5 Å². The minimum absolute atomic E-state index is 0.0562. The molecule has 4 rings (SSSR count). The summed E-state index contributed by atoms with van der Waals surface area (Å²) in [5, 5.41) is 9.54. The molecule has 0 fully saturated rings. The van der Waals surface area contributed by atoms with Crippen molar-refractivity contribution in [2.45, 2.75) is 32.6 Å². The zero-order valence-electron chi connectivity index (χ0n) is 20.4. The molecule has 0 radical (unpaired) electrons. The van der Waals surface area contributed by atoms with Gasteiger partial charge in [0.2, 0.25) is 0 Å². The molecular formula is C27H25F3N4O4. The Morgan fingerprint density at radius 1 is 1.03 bits per heavy atom. The zero-order chi connectivity index (χ0) is 27.1. The predicted octanol–water partition coefficient (Wildman–Crippen LogP) is 4.10. The number of methoxy groups -OCH3 is 1. The highest BCUT2D eigenvalue weighted by Gasteiger charge is 2.21. The standard InChI is InChI=1S/C27H25F3N4O4/c1-37-15-22-20(13-17-9-7-16(8-10-17)12-18-5-3-11-31-25(18)35)23(34-33-22)26(36)32-14-19-4-2-6-21(28)24(19)38-27(29)30/h2-11,27H,12-15H2,1H3,(H,31,35)(H,32,36)(H,33,34). The fourth-order valence-electron chi connectivity index (χ4n) is 4.01. The first-order valence-corrected chi connectivity index (χ1v) is 11.7. The number of H-pyrrole nitrogens is 2. The van der Waals surface area contributed by atoms with Gasteiger partial charge in [-0.2, -0.15) is 13.9 Å². The van der Waals surface area contributed by atoms with Gasteiger partial charge < -0.3 is 19.8 Å². The van der Waals surface area contributed by atoms with Crippen molar-refractivity contribution < 1.29 is 27.4 Å². The van der Waals surface area contributed by atoms with Crippen LogP contribution in [0.5, 0.6) is 5.75 Å². The van der Waals surface area contributed by atoms with Crippen LogP contribution < -0.4 is 15.6 Å². The number of carbonyl (C=O) groups is 1. The number of amides is 1. The summed E-state index contributed by atoms with van der Waals surface area (Å²) in [6, 6.07) is 14.9. The number of hydrogen-bond donors (Lipinski definition) is 3. The van der Waals surface area contributed by atoms with Crippen LogP contribution in [0.15, 0.2) is 65.6 Å². The quantitative estimate of drug-likeness (QED) is 0.273. The van der Waals surface area contributed by atoms with E-state index in [1.807, 2.05) is 24.3 Å². The Bertz CT molecular complexity index is 1450. The van der Waals surface area contributed by atoms with Gasteiger partial charge >= 0.3 is 6.61 Å². The Morgan fingerprint density at radius 3 is 2.42 bits per heavy atom. The molecule has 38 heavy (non-hydrogen) atoms. The van der Waals surface area contributed by atoms with Gasteiger partial charge in [-0.25, -0.2) is 4.39 Å². The molecule has 0 spiro atoms. The lowest BCUT2D eigenvalue weighted by molar-refractivity contribution is -0.0528. The van der Waals surface area contributed by atoms with Crippen LogP contribution in [0.25, 0.3) is 0 Å². The van der Waals surface area contributed by atoms with Gasteiger partial charge in [-0.15, -0.1) is 0 Å². The average molecular weight is 527 g/mol. The molecule has 198 valence electrons. The second kappa shape index (κ2) is 12.2. The number of benzene rings is 2. The largest absolute Gasteiger partial charge is 0.431 e. The number of halogens is 3. The topological polar surface area (TPSA) is 109 Å². The number of rotatable bonds is 11. The molecule has 0 aliphatic heterocycles. The Morgan fingerprint density at radius 2 is 1.74 bits per heavy atom. The van der Waals surface area contributed by atoms with Crippen LogP contribution in [-0.2, 0) is 30.7 Å². The Balaban J connectivity index is 1.50. The van der Waals surface area contributed by atoms with Crippen molar-refractivity contribution in [2.75, 3.05) is 7.11 Å². The lowest BCUT2D eigenvalue weighted by Crippen LogP contribution is -2.25. The highest BCUT2D eigenvalue weighted by molar-refractivity contribution is 5.94. The molecule has 2 heterocycles. The fourth-order valence-corrected chi connectivity index (χ4v) is 4.01. The number of aromatic nitrogens is 3. The van der Waals surface area contributed by atoms with Crippen LogP contribution in [0, 0.1) is 5.82 Å². The van der Waals surface area contributed by atoms with Crippen LogP contribution in [0.3, 0.4) is 0 Å². The van der Waals surface area contributed by atoms with E-state index in [9.17, 15) is 22.8 Å². The highest BCUT2D eigenvalue weighted by Crippen LogP contribution is 2.25. The number of aromatic amines is 2. The second-order valence-corrected chi connectivity index (χ2v) is 8.45. The van der Waals surface area contributed by atoms with Gasteiger partial charge in [-0.05, 0) is 23.3 Å². The van der Waals surface area contributed by atoms with Crippen LogP contribution in [0.2, 0.25) is 0 Å². The summed E-state index contributed by atoms with van der Waals surface area (Å²) in [5.74, 6) is -2.16. The minimum Gasteiger partial charge on any atom is -0.431 e. The number of nitrogens with one attached hydrogen (secondary N) is 3. The smallest absolute Gasteiger partial charge is 0.387 e. The van der Waals surface area contributed by atoms with E-state index >= 15 is 0 Å². The summed E-state index contributed by atoms with van der Waals surface area (Å²) in [5.41, 5.74) is 3.71. The summed E-state index contributed by atoms with van der Waals surface area (Å²) >= 11 is 0. The normalized spacial score (nSPS) is 11.1.